The van der Waals surface area contributed by atoms with Crippen LogP contribution in [-0.2, 0) is 21.3 Å². The molecule has 3 rings (SSSR count). The summed E-state index contributed by atoms with van der Waals surface area (Å²) in [5, 5.41) is 2.81. The Hall–Kier alpha value is -1.45. The fourth-order valence-corrected chi connectivity index (χ4v) is 5.11. The van der Waals surface area contributed by atoms with Crippen molar-refractivity contribution in [3.05, 3.63) is 50.7 Å². The number of thiophene rings is 1. The second-order valence-corrected chi connectivity index (χ2v) is 9.62. The number of aryl methyl sites for hydroxylation is 1. The summed E-state index contributed by atoms with van der Waals surface area (Å²) in [5.41, 5.74) is 1.06. The van der Waals surface area contributed by atoms with E-state index in [0.29, 0.717) is 48.3 Å². The monoisotopic (exact) mass is 414 g/mol. The van der Waals surface area contributed by atoms with Crippen LogP contribution in [0, 0.1) is 6.92 Å². The maximum atomic E-state index is 12.8. The van der Waals surface area contributed by atoms with Crippen molar-refractivity contribution in [2.75, 3.05) is 26.3 Å². The Labute approximate surface area is 161 Å². The standard InChI is InChI=1S/C17H19ClN2O4S2/c1-12-2-4-14(26(22,23)20-6-8-24-9-7-20)10-15(12)17(21)19-11-13-3-5-16(18)25-13/h2-5,10H,6-9,11H2,1H3,(H,19,21). The van der Waals surface area contributed by atoms with Gasteiger partial charge in [-0.15, -0.1) is 11.3 Å². The zero-order valence-electron chi connectivity index (χ0n) is 14.2. The zero-order chi connectivity index (χ0) is 18.7. The Bertz CT molecular complexity index is 905. The van der Waals surface area contributed by atoms with E-state index in [9.17, 15) is 13.2 Å². The van der Waals surface area contributed by atoms with Crippen molar-refractivity contribution in [3.8, 4) is 0 Å². The Kier molecular flexibility index (Phi) is 5.99. The molecule has 0 aliphatic carbocycles. The van der Waals surface area contributed by atoms with Crippen molar-refractivity contribution in [1.82, 2.24) is 9.62 Å². The topological polar surface area (TPSA) is 75.7 Å². The van der Waals surface area contributed by atoms with Crippen molar-refractivity contribution in [1.29, 1.82) is 0 Å². The average molecular weight is 415 g/mol. The minimum atomic E-state index is -3.64. The maximum absolute atomic E-state index is 12.8. The summed E-state index contributed by atoms with van der Waals surface area (Å²) in [6.45, 7) is 3.51. The van der Waals surface area contributed by atoms with E-state index >= 15 is 0 Å². The minimum Gasteiger partial charge on any atom is -0.379 e. The summed E-state index contributed by atoms with van der Waals surface area (Å²) < 4.78 is 32.8. The molecule has 0 radical (unpaired) electrons. The summed E-state index contributed by atoms with van der Waals surface area (Å²) in [5.74, 6) is -0.314. The lowest BCUT2D eigenvalue weighted by atomic mass is 10.1. The molecule has 9 heteroatoms. The number of carbonyl (C=O) groups excluding carboxylic acids is 1. The van der Waals surface area contributed by atoms with Crippen molar-refractivity contribution in [2.45, 2.75) is 18.4 Å². The second-order valence-electron chi connectivity index (χ2n) is 5.88. The predicted molar refractivity (Wildman–Crippen MR) is 101 cm³/mol. The molecule has 26 heavy (non-hydrogen) atoms. The number of hydrogen-bond donors (Lipinski definition) is 1. The molecule has 0 saturated carbocycles. The van der Waals surface area contributed by atoms with Crippen LogP contribution in [0.1, 0.15) is 20.8 Å². The van der Waals surface area contributed by atoms with Crippen LogP contribution in [0.25, 0.3) is 0 Å². The number of benzene rings is 1. The average Bonchev–Trinajstić information content (AvgIpc) is 3.06. The molecule has 6 nitrogen and oxygen atoms in total. The minimum absolute atomic E-state index is 0.120. The van der Waals surface area contributed by atoms with Gasteiger partial charge in [0.1, 0.15) is 0 Å². The lowest BCUT2D eigenvalue weighted by Gasteiger charge is -2.26. The first-order valence-corrected chi connectivity index (χ1v) is 10.7. The summed E-state index contributed by atoms with van der Waals surface area (Å²) in [7, 11) is -3.64. The van der Waals surface area contributed by atoms with E-state index in [1.165, 1.54) is 27.8 Å². The first-order chi connectivity index (χ1) is 12.4. The molecular weight excluding hydrogens is 396 g/mol. The van der Waals surface area contributed by atoms with Crippen molar-refractivity contribution in [2.24, 2.45) is 0 Å². The van der Waals surface area contributed by atoms with Crippen LogP contribution in [0.2, 0.25) is 4.34 Å². The van der Waals surface area contributed by atoms with E-state index in [2.05, 4.69) is 5.32 Å². The van der Waals surface area contributed by atoms with E-state index in [4.69, 9.17) is 16.3 Å². The van der Waals surface area contributed by atoms with Crippen molar-refractivity contribution < 1.29 is 17.9 Å². The third-order valence-corrected chi connectivity index (χ3v) is 7.24. The summed E-state index contributed by atoms with van der Waals surface area (Å²) in [6, 6.07) is 8.25. The fraction of sp³-hybridized carbons (Fsp3) is 0.353. The molecule has 0 unspecified atom stereocenters. The van der Waals surface area contributed by atoms with Crippen LogP contribution in [0.15, 0.2) is 35.2 Å². The quantitative estimate of drug-likeness (QED) is 0.816. The molecule has 0 atom stereocenters. The first-order valence-electron chi connectivity index (χ1n) is 8.09. The van der Waals surface area contributed by atoms with Gasteiger partial charge in [-0.05, 0) is 36.8 Å². The van der Waals surface area contributed by atoms with Gasteiger partial charge in [0.2, 0.25) is 10.0 Å². The van der Waals surface area contributed by atoms with Crippen LogP contribution in [-0.4, -0.2) is 44.9 Å². The zero-order valence-corrected chi connectivity index (χ0v) is 16.6. The van der Waals surface area contributed by atoms with Gasteiger partial charge >= 0.3 is 0 Å². The molecular formula is C17H19ClN2O4S2. The highest BCUT2D eigenvalue weighted by molar-refractivity contribution is 7.89. The number of hydrogen-bond acceptors (Lipinski definition) is 5. The van der Waals surface area contributed by atoms with Gasteiger partial charge in [0.15, 0.2) is 0 Å². The van der Waals surface area contributed by atoms with Gasteiger partial charge in [0.25, 0.3) is 5.91 Å². The number of ether oxygens (including phenoxy) is 1. The molecule has 0 bridgehead atoms. The Morgan fingerprint density at radius 3 is 2.65 bits per heavy atom. The second kappa shape index (κ2) is 8.06. The van der Waals surface area contributed by atoms with Crippen molar-refractivity contribution >= 4 is 38.9 Å². The lowest BCUT2D eigenvalue weighted by molar-refractivity contribution is 0.0730. The van der Waals surface area contributed by atoms with E-state index < -0.39 is 10.0 Å². The Morgan fingerprint density at radius 1 is 1.27 bits per heavy atom. The van der Waals surface area contributed by atoms with Crippen LogP contribution in [0.4, 0.5) is 0 Å². The Morgan fingerprint density at radius 2 is 2.00 bits per heavy atom. The van der Waals surface area contributed by atoms with Gasteiger partial charge in [-0.2, -0.15) is 4.31 Å². The maximum Gasteiger partial charge on any atom is 0.251 e. The first kappa shape index (κ1) is 19.3. The van der Waals surface area contributed by atoms with Crippen LogP contribution in [0.3, 0.4) is 0 Å². The van der Waals surface area contributed by atoms with E-state index in [1.54, 1.807) is 19.1 Å². The van der Waals surface area contributed by atoms with Crippen LogP contribution >= 0.6 is 22.9 Å². The van der Waals surface area contributed by atoms with Gasteiger partial charge in [-0.25, -0.2) is 8.42 Å². The number of carbonyl (C=O) groups is 1. The SMILES string of the molecule is Cc1ccc(S(=O)(=O)N2CCOCC2)cc1C(=O)NCc1ccc(Cl)s1. The summed E-state index contributed by atoms with van der Waals surface area (Å²) in [6.07, 6.45) is 0. The highest BCUT2D eigenvalue weighted by Crippen LogP contribution is 2.22. The van der Waals surface area contributed by atoms with E-state index in [1.807, 2.05) is 6.07 Å². The van der Waals surface area contributed by atoms with Crippen LogP contribution in [0.5, 0.6) is 0 Å². The van der Waals surface area contributed by atoms with Gasteiger partial charge in [0.05, 0.1) is 29.0 Å². The van der Waals surface area contributed by atoms with E-state index in [-0.39, 0.29) is 10.8 Å². The molecule has 1 aromatic carbocycles. The highest BCUT2D eigenvalue weighted by atomic mass is 35.5. The summed E-state index contributed by atoms with van der Waals surface area (Å²) >= 11 is 7.28. The summed E-state index contributed by atoms with van der Waals surface area (Å²) in [4.78, 5) is 13.6. The number of rotatable bonds is 5. The normalized spacial score (nSPS) is 15.8. The lowest BCUT2D eigenvalue weighted by Crippen LogP contribution is -2.40. The molecule has 1 aliphatic heterocycles. The predicted octanol–water partition coefficient (Wildman–Crippen LogP) is 2.66. The molecule has 1 aromatic heterocycles. The number of nitrogens with one attached hydrogen (secondary N) is 1. The smallest absolute Gasteiger partial charge is 0.251 e. The number of halogens is 1. The van der Waals surface area contributed by atoms with E-state index in [0.717, 1.165) is 4.88 Å². The molecule has 2 aromatic rings. The molecule has 1 fully saturated rings. The molecule has 0 spiro atoms. The molecule has 1 amide bonds. The Balaban J connectivity index is 1.79. The van der Waals surface area contributed by atoms with Crippen LogP contribution < -0.4 is 5.32 Å². The molecule has 2 heterocycles. The number of nitrogens with zero attached hydrogens (tertiary/aromatic N) is 1. The molecule has 1 aliphatic rings. The van der Waals surface area contributed by atoms with Crippen molar-refractivity contribution in [3.63, 3.8) is 0 Å². The highest BCUT2D eigenvalue weighted by Gasteiger charge is 2.27. The third kappa shape index (κ3) is 4.27. The third-order valence-electron chi connectivity index (χ3n) is 4.11. The number of amides is 1. The van der Waals surface area contributed by atoms with Gasteiger partial charge < -0.3 is 10.1 Å². The largest absolute Gasteiger partial charge is 0.379 e. The number of sulfonamides is 1. The van der Waals surface area contributed by atoms with Gasteiger partial charge in [-0.3, -0.25) is 4.79 Å². The molecule has 1 N–H and O–H groups in total. The molecule has 1 saturated heterocycles. The van der Waals surface area contributed by atoms with Gasteiger partial charge in [-0.1, -0.05) is 17.7 Å². The number of morpholine rings is 1. The van der Waals surface area contributed by atoms with Gasteiger partial charge in [0, 0.05) is 23.5 Å². The molecule has 140 valence electrons. The fourth-order valence-electron chi connectivity index (χ4n) is 2.65.